The smallest absolute Gasteiger partial charge is 0.0588 e. The molecule has 12 heavy (non-hydrogen) atoms. The predicted octanol–water partition coefficient (Wildman–Crippen LogP) is 2.82. The van der Waals surface area contributed by atoms with Crippen LogP contribution in [0.2, 0.25) is 0 Å². The van der Waals surface area contributed by atoms with Crippen molar-refractivity contribution in [2.45, 2.75) is 41.0 Å². The van der Waals surface area contributed by atoms with Gasteiger partial charge < -0.3 is 0 Å². The maximum Gasteiger partial charge on any atom is 0.0588 e. The molecule has 0 aliphatic heterocycles. The normalized spacial score (nSPS) is 8.75. The molecule has 0 N–H and O–H groups in total. The molecule has 1 heterocycles. The summed E-state index contributed by atoms with van der Waals surface area (Å²) in [6, 6.07) is 0. The second-order valence-electron chi connectivity index (χ2n) is 2.89. The van der Waals surface area contributed by atoms with Crippen molar-refractivity contribution >= 4 is 0 Å². The summed E-state index contributed by atoms with van der Waals surface area (Å²) in [7, 11) is 0. The molecule has 0 fully saturated rings. The first-order chi connectivity index (χ1) is 5.61. The van der Waals surface area contributed by atoms with Crippen LogP contribution in [0, 0.1) is 20.8 Å². The molecular weight excluding hydrogens is 148 g/mol. The van der Waals surface area contributed by atoms with Gasteiger partial charge in [0.25, 0.3) is 0 Å². The number of aromatic nitrogens is 2. The molecule has 0 atom stereocenters. The molecular formula is C10H18N2. The maximum absolute atomic E-state index is 4.21. The van der Waals surface area contributed by atoms with Gasteiger partial charge in [0, 0.05) is 6.20 Å². The van der Waals surface area contributed by atoms with E-state index in [0.717, 1.165) is 17.1 Å². The molecule has 0 aliphatic carbocycles. The molecule has 0 saturated carbocycles. The van der Waals surface area contributed by atoms with Crippen molar-refractivity contribution in [3.05, 3.63) is 23.3 Å². The van der Waals surface area contributed by atoms with Gasteiger partial charge in [-0.1, -0.05) is 20.3 Å². The van der Waals surface area contributed by atoms with Crippen LogP contribution in [-0.2, 0) is 0 Å². The van der Waals surface area contributed by atoms with Crippen molar-refractivity contribution in [1.29, 1.82) is 0 Å². The minimum absolute atomic E-state index is 0.984. The Labute approximate surface area is 75.1 Å². The second kappa shape index (κ2) is 5.70. The first kappa shape index (κ1) is 11.1. The first-order valence-corrected chi connectivity index (χ1v) is 4.38. The van der Waals surface area contributed by atoms with E-state index in [1.54, 1.807) is 6.20 Å². The zero-order chi connectivity index (χ0) is 9.56. The monoisotopic (exact) mass is 166 g/mol. The largest absolute Gasteiger partial charge is 0.258 e. The van der Waals surface area contributed by atoms with Crippen molar-refractivity contribution in [3.8, 4) is 0 Å². The minimum atomic E-state index is 0.984. The quantitative estimate of drug-likeness (QED) is 0.592. The van der Waals surface area contributed by atoms with Gasteiger partial charge in [-0.2, -0.15) is 0 Å². The molecule has 2 heteroatoms. The van der Waals surface area contributed by atoms with Gasteiger partial charge in [0.1, 0.15) is 0 Å². The summed E-state index contributed by atoms with van der Waals surface area (Å²) in [5, 5.41) is 0. The van der Waals surface area contributed by atoms with Crippen molar-refractivity contribution < 1.29 is 0 Å². The van der Waals surface area contributed by atoms with E-state index in [-0.39, 0.29) is 0 Å². The van der Waals surface area contributed by atoms with Crippen molar-refractivity contribution in [2.75, 3.05) is 0 Å². The molecule has 1 aromatic rings. The highest BCUT2D eigenvalue weighted by atomic mass is 14.8. The Kier molecular flexibility index (Phi) is 5.26. The lowest BCUT2D eigenvalue weighted by molar-refractivity contribution is 1.00. The van der Waals surface area contributed by atoms with Crippen LogP contribution >= 0.6 is 0 Å². The molecule has 2 nitrogen and oxygen atoms in total. The van der Waals surface area contributed by atoms with Gasteiger partial charge in [0.2, 0.25) is 0 Å². The zero-order valence-corrected chi connectivity index (χ0v) is 8.68. The highest BCUT2D eigenvalue weighted by Crippen LogP contribution is 1.98. The van der Waals surface area contributed by atoms with Gasteiger partial charge in [-0.15, -0.1) is 0 Å². The van der Waals surface area contributed by atoms with Crippen LogP contribution < -0.4 is 0 Å². The lowest BCUT2D eigenvalue weighted by Crippen LogP contribution is -1.92. The van der Waals surface area contributed by atoms with Gasteiger partial charge in [0.05, 0.1) is 17.1 Å². The van der Waals surface area contributed by atoms with Crippen molar-refractivity contribution in [1.82, 2.24) is 9.97 Å². The number of nitrogens with zero attached hydrogens (tertiary/aromatic N) is 2. The van der Waals surface area contributed by atoms with E-state index in [4.69, 9.17) is 0 Å². The van der Waals surface area contributed by atoms with E-state index in [0.29, 0.717) is 0 Å². The van der Waals surface area contributed by atoms with Gasteiger partial charge in [-0.3, -0.25) is 9.97 Å². The van der Waals surface area contributed by atoms with Crippen LogP contribution in [0.1, 0.15) is 37.4 Å². The summed E-state index contributed by atoms with van der Waals surface area (Å²) in [5.41, 5.74) is 3.02. The average molecular weight is 166 g/mol. The lowest BCUT2D eigenvalue weighted by atomic mass is 10.3. The summed E-state index contributed by atoms with van der Waals surface area (Å²) in [6.45, 7) is 10.1. The van der Waals surface area contributed by atoms with Crippen molar-refractivity contribution in [3.63, 3.8) is 0 Å². The van der Waals surface area contributed by atoms with Crippen LogP contribution in [0.4, 0.5) is 0 Å². The molecule has 0 aromatic carbocycles. The Morgan fingerprint density at radius 3 is 1.92 bits per heavy atom. The fourth-order valence-electron chi connectivity index (χ4n) is 0.658. The molecule has 0 saturated heterocycles. The fraction of sp³-hybridized carbons (Fsp3) is 0.600. The van der Waals surface area contributed by atoms with E-state index in [1.165, 1.54) is 6.42 Å². The Morgan fingerprint density at radius 2 is 1.58 bits per heavy atom. The van der Waals surface area contributed by atoms with E-state index in [2.05, 4.69) is 23.8 Å². The van der Waals surface area contributed by atoms with Crippen molar-refractivity contribution in [2.24, 2.45) is 0 Å². The third-order valence-corrected chi connectivity index (χ3v) is 1.31. The molecule has 1 aromatic heterocycles. The van der Waals surface area contributed by atoms with E-state index in [1.807, 2.05) is 20.8 Å². The second-order valence-corrected chi connectivity index (χ2v) is 2.89. The molecule has 0 bridgehead atoms. The summed E-state index contributed by atoms with van der Waals surface area (Å²) >= 11 is 0. The van der Waals surface area contributed by atoms with Gasteiger partial charge in [-0.25, -0.2) is 0 Å². The first-order valence-electron chi connectivity index (χ1n) is 4.38. The van der Waals surface area contributed by atoms with Crippen LogP contribution in [-0.4, -0.2) is 9.97 Å². The predicted molar refractivity (Wildman–Crippen MR) is 52.2 cm³/mol. The summed E-state index contributed by atoms with van der Waals surface area (Å²) in [6.07, 6.45) is 3.03. The Morgan fingerprint density at radius 1 is 1.08 bits per heavy atom. The highest BCUT2D eigenvalue weighted by Gasteiger charge is 1.92. The average Bonchev–Trinajstić information content (AvgIpc) is 1.99. The molecule has 0 spiro atoms. The minimum Gasteiger partial charge on any atom is -0.258 e. The maximum atomic E-state index is 4.21. The molecule has 0 radical (unpaired) electrons. The number of aryl methyl sites for hydroxylation is 3. The topological polar surface area (TPSA) is 25.8 Å². The third kappa shape index (κ3) is 4.06. The van der Waals surface area contributed by atoms with Crippen LogP contribution in [0.3, 0.4) is 0 Å². The lowest BCUT2D eigenvalue weighted by Gasteiger charge is -1.96. The van der Waals surface area contributed by atoms with Crippen LogP contribution in [0.15, 0.2) is 6.20 Å². The van der Waals surface area contributed by atoms with Gasteiger partial charge in [-0.05, 0) is 20.8 Å². The summed E-state index contributed by atoms with van der Waals surface area (Å²) < 4.78 is 0. The standard InChI is InChI=1S/C7H10N2.C3H8/c1-5-4-8-6(2)7(3)9-5;1-3-2/h4H,1-3H3;3H2,1-2H3. The number of hydrogen-bond acceptors (Lipinski definition) is 2. The summed E-state index contributed by atoms with van der Waals surface area (Å²) in [4.78, 5) is 8.33. The molecule has 68 valence electrons. The Hall–Kier alpha value is -0.920. The van der Waals surface area contributed by atoms with Crippen LogP contribution in [0.25, 0.3) is 0 Å². The molecule has 0 unspecified atom stereocenters. The fourth-order valence-corrected chi connectivity index (χ4v) is 0.658. The molecule has 0 amide bonds. The Balaban J connectivity index is 0.000000354. The van der Waals surface area contributed by atoms with Gasteiger partial charge in [0.15, 0.2) is 0 Å². The van der Waals surface area contributed by atoms with E-state index in [9.17, 15) is 0 Å². The van der Waals surface area contributed by atoms with E-state index < -0.39 is 0 Å². The molecule has 1 rings (SSSR count). The van der Waals surface area contributed by atoms with Gasteiger partial charge >= 0.3 is 0 Å². The number of rotatable bonds is 0. The number of hydrogen-bond donors (Lipinski definition) is 0. The Bertz CT molecular complexity index is 231. The summed E-state index contributed by atoms with van der Waals surface area (Å²) in [5.74, 6) is 0. The van der Waals surface area contributed by atoms with Crippen LogP contribution in [0.5, 0.6) is 0 Å². The zero-order valence-electron chi connectivity index (χ0n) is 8.68. The highest BCUT2D eigenvalue weighted by molar-refractivity contribution is 5.09. The third-order valence-electron chi connectivity index (χ3n) is 1.31. The van der Waals surface area contributed by atoms with E-state index >= 15 is 0 Å². The SMILES string of the molecule is CCC.Cc1cnc(C)c(C)n1. The molecule has 0 aliphatic rings.